The average Bonchev–Trinajstić information content (AvgIpc) is 3.48. The second kappa shape index (κ2) is 8.87. The molecule has 208 valence electrons. The lowest BCUT2D eigenvalue weighted by Gasteiger charge is -2.52. The first-order valence-electron chi connectivity index (χ1n) is 15.0. The van der Waals surface area contributed by atoms with Crippen molar-refractivity contribution in [3.8, 4) is 11.3 Å². The number of hydrogen-bond acceptors (Lipinski definition) is 6. The van der Waals surface area contributed by atoms with Gasteiger partial charge in [0, 0.05) is 29.9 Å². The Labute approximate surface area is 233 Å². The molecule has 7 atom stereocenters. The molecule has 6 bridgehead atoms. The molecule has 6 aliphatic rings. The number of pyridine rings is 1. The molecule has 1 unspecified atom stereocenters. The van der Waals surface area contributed by atoms with Gasteiger partial charge in [-0.05, 0) is 99.8 Å². The van der Waals surface area contributed by atoms with Crippen LogP contribution in [0.3, 0.4) is 0 Å². The fourth-order valence-corrected chi connectivity index (χ4v) is 10.00. The summed E-state index contributed by atoms with van der Waals surface area (Å²) in [7, 11) is 1.29. The minimum atomic E-state index is -0.520. The van der Waals surface area contributed by atoms with Crippen molar-refractivity contribution in [2.75, 3.05) is 7.11 Å². The smallest absolute Gasteiger partial charge is 0.325 e. The molecule has 2 aromatic heterocycles. The number of benzene rings is 1. The van der Waals surface area contributed by atoms with Gasteiger partial charge in [-0.3, -0.25) is 19.3 Å². The van der Waals surface area contributed by atoms with Gasteiger partial charge in [0.25, 0.3) is 11.1 Å². The first-order valence-corrected chi connectivity index (χ1v) is 15.0. The minimum absolute atomic E-state index is 0.0705. The van der Waals surface area contributed by atoms with E-state index < -0.39 is 11.5 Å². The second-order valence-corrected chi connectivity index (χ2v) is 13.1. The number of ether oxygens (including phenoxy) is 1. The number of carbonyl (C=O) groups is 1. The average molecular weight is 541 g/mol. The molecule has 0 radical (unpaired) electrons. The molecule has 4 saturated carbocycles. The highest BCUT2D eigenvalue weighted by Crippen LogP contribution is 2.65. The number of methoxy groups -OCH3 is 1. The van der Waals surface area contributed by atoms with E-state index in [9.17, 15) is 14.4 Å². The normalized spacial score (nSPS) is 34.1. The van der Waals surface area contributed by atoms with Crippen molar-refractivity contribution in [1.29, 1.82) is 0 Å². The van der Waals surface area contributed by atoms with E-state index in [2.05, 4.69) is 4.90 Å². The van der Waals surface area contributed by atoms with Crippen LogP contribution >= 0.6 is 0 Å². The first kappa shape index (κ1) is 24.5. The number of hydrogen-bond donors (Lipinski definition) is 0. The van der Waals surface area contributed by atoms with Gasteiger partial charge in [0.05, 0.1) is 23.7 Å². The van der Waals surface area contributed by atoms with Crippen LogP contribution in [0.15, 0.2) is 52.2 Å². The fourth-order valence-electron chi connectivity index (χ4n) is 10.00. The number of nitrogens with zero attached hydrogens (tertiary/aromatic N) is 4. The number of para-hydroxylation sites is 2. The quantitative estimate of drug-likeness (QED) is 0.452. The minimum Gasteiger partial charge on any atom is -0.468 e. The lowest BCUT2D eigenvalue weighted by Crippen LogP contribution is -2.58. The van der Waals surface area contributed by atoms with E-state index in [4.69, 9.17) is 9.72 Å². The summed E-state index contributed by atoms with van der Waals surface area (Å²) in [5.41, 5.74) is 1.69. The summed E-state index contributed by atoms with van der Waals surface area (Å²) in [5.74, 6) is 2.21. The molecule has 3 aromatic rings. The Hall–Kier alpha value is -3.26. The van der Waals surface area contributed by atoms with Crippen LogP contribution in [0.1, 0.15) is 63.8 Å². The van der Waals surface area contributed by atoms with Gasteiger partial charge in [0.2, 0.25) is 0 Å². The molecule has 8 heteroatoms. The van der Waals surface area contributed by atoms with E-state index in [0.717, 1.165) is 36.1 Å². The molecular formula is C32H36N4O4. The van der Waals surface area contributed by atoms with E-state index in [1.165, 1.54) is 56.6 Å². The Kier molecular flexibility index (Phi) is 5.44. The summed E-state index contributed by atoms with van der Waals surface area (Å²) in [6.07, 6.45) is 13.0. The third-order valence-electron chi connectivity index (χ3n) is 11.1. The number of rotatable bonds is 5. The number of esters is 1. The standard InChI is InChI=1S/C32H36N4O4/c1-40-28(37)18-34-10-4-5-25(30(34)38)29-31(39)35(27-7-3-2-6-26(27)33-29)24-14-22-8-9-23(15-24)36(22)32-16-19-11-20(17-32)13-21(32)12-19/h2-7,10,19-24H,8-9,11-18H2,1H3/t19-,20+,21?,22-,23+,24+,32+. The summed E-state index contributed by atoms with van der Waals surface area (Å²) in [4.78, 5) is 47.3. The predicted octanol–water partition coefficient (Wildman–Crippen LogP) is 4.14. The fraction of sp³-hybridized carbons (Fsp3) is 0.562. The van der Waals surface area contributed by atoms with Crippen LogP contribution in [0.2, 0.25) is 0 Å². The Bertz CT molecular complexity index is 1610. The Balaban J connectivity index is 1.19. The summed E-state index contributed by atoms with van der Waals surface area (Å²) < 4.78 is 7.99. The van der Waals surface area contributed by atoms with Gasteiger partial charge in [-0.2, -0.15) is 0 Å². The molecule has 2 saturated heterocycles. The van der Waals surface area contributed by atoms with E-state index >= 15 is 0 Å². The highest BCUT2D eigenvalue weighted by molar-refractivity contribution is 5.78. The summed E-state index contributed by atoms with van der Waals surface area (Å²) in [6, 6.07) is 12.2. The molecule has 0 spiro atoms. The molecule has 1 aromatic carbocycles. The topological polar surface area (TPSA) is 86.4 Å². The number of carbonyl (C=O) groups excluding carboxylic acids is 1. The second-order valence-electron chi connectivity index (χ2n) is 13.1. The van der Waals surface area contributed by atoms with Crippen molar-refractivity contribution < 1.29 is 9.53 Å². The van der Waals surface area contributed by atoms with E-state index in [1.807, 2.05) is 28.8 Å². The molecule has 2 aliphatic heterocycles. The van der Waals surface area contributed by atoms with Crippen molar-refractivity contribution in [3.05, 3.63) is 63.3 Å². The van der Waals surface area contributed by atoms with Crippen LogP contribution in [0.4, 0.5) is 0 Å². The molecule has 0 amide bonds. The van der Waals surface area contributed by atoms with Crippen LogP contribution in [0, 0.1) is 17.8 Å². The van der Waals surface area contributed by atoms with Crippen molar-refractivity contribution in [2.45, 2.75) is 88.0 Å². The molecule has 9 rings (SSSR count). The molecule has 4 heterocycles. The molecule has 8 nitrogen and oxygen atoms in total. The molecule has 0 N–H and O–H groups in total. The maximum Gasteiger partial charge on any atom is 0.325 e. The third-order valence-corrected chi connectivity index (χ3v) is 11.1. The zero-order valence-electron chi connectivity index (χ0n) is 23.0. The van der Waals surface area contributed by atoms with Gasteiger partial charge >= 0.3 is 5.97 Å². The van der Waals surface area contributed by atoms with Crippen LogP contribution in [0.25, 0.3) is 22.3 Å². The first-order chi connectivity index (χ1) is 19.4. The van der Waals surface area contributed by atoms with Crippen molar-refractivity contribution in [3.63, 3.8) is 0 Å². The molecular weight excluding hydrogens is 504 g/mol. The zero-order valence-corrected chi connectivity index (χ0v) is 23.0. The van der Waals surface area contributed by atoms with Crippen molar-refractivity contribution in [2.24, 2.45) is 17.8 Å². The van der Waals surface area contributed by atoms with Crippen LogP contribution in [-0.2, 0) is 16.1 Å². The summed E-state index contributed by atoms with van der Waals surface area (Å²) >= 11 is 0. The SMILES string of the molecule is COC(=O)Cn1cccc(-c2nc3ccccc3n([C@H]3C[C@H]4CC[C@@H](C3)N4[C@@]34C[C@@H]5CC3C[C@@H](C5)C4)c2=O)c1=O. The van der Waals surface area contributed by atoms with Crippen LogP contribution in [0.5, 0.6) is 0 Å². The van der Waals surface area contributed by atoms with Crippen LogP contribution in [-0.4, -0.2) is 49.7 Å². The Morgan fingerprint density at radius 2 is 1.65 bits per heavy atom. The van der Waals surface area contributed by atoms with Gasteiger partial charge < -0.3 is 13.9 Å². The maximum absolute atomic E-state index is 14.3. The van der Waals surface area contributed by atoms with E-state index in [1.54, 1.807) is 18.3 Å². The summed E-state index contributed by atoms with van der Waals surface area (Å²) in [6.45, 7) is -0.211. The van der Waals surface area contributed by atoms with Crippen molar-refractivity contribution >= 4 is 17.0 Å². The lowest BCUT2D eigenvalue weighted by atomic mass is 9.78. The van der Waals surface area contributed by atoms with E-state index in [-0.39, 0.29) is 29.4 Å². The van der Waals surface area contributed by atoms with Gasteiger partial charge in [0.15, 0.2) is 0 Å². The maximum atomic E-state index is 14.3. The Morgan fingerprint density at radius 3 is 2.38 bits per heavy atom. The van der Waals surface area contributed by atoms with Gasteiger partial charge in [-0.1, -0.05) is 12.1 Å². The Morgan fingerprint density at radius 1 is 0.925 bits per heavy atom. The lowest BCUT2D eigenvalue weighted by molar-refractivity contribution is -0.141. The highest BCUT2D eigenvalue weighted by atomic mass is 16.5. The zero-order chi connectivity index (χ0) is 27.2. The predicted molar refractivity (Wildman–Crippen MR) is 151 cm³/mol. The number of fused-ring (bicyclic) bond motifs is 3. The largest absolute Gasteiger partial charge is 0.468 e. The third kappa shape index (κ3) is 3.47. The van der Waals surface area contributed by atoms with Gasteiger partial charge in [0.1, 0.15) is 12.2 Å². The number of aromatic nitrogens is 3. The molecule has 40 heavy (non-hydrogen) atoms. The summed E-state index contributed by atoms with van der Waals surface area (Å²) in [5, 5.41) is 0. The number of piperidine rings is 1. The van der Waals surface area contributed by atoms with Gasteiger partial charge in [-0.25, -0.2) is 4.98 Å². The molecule has 6 fully saturated rings. The monoisotopic (exact) mass is 540 g/mol. The highest BCUT2D eigenvalue weighted by Gasteiger charge is 2.64. The molecule has 4 aliphatic carbocycles. The van der Waals surface area contributed by atoms with Crippen molar-refractivity contribution in [1.82, 2.24) is 19.0 Å². The van der Waals surface area contributed by atoms with Crippen LogP contribution < -0.4 is 11.1 Å². The van der Waals surface area contributed by atoms with Gasteiger partial charge in [-0.15, -0.1) is 0 Å². The van der Waals surface area contributed by atoms with E-state index in [0.29, 0.717) is 23.1 Å².